The fraction of sp³-hybridized carbons (Fsp3) is 0.200. The highest BCUT2D eigenvalue weighted by molar-refractivity contribution is 5.88. The summed E-state index contributed by atoms with van der Waals surface area (Å²) in [4.78, 5) is 8.59. The first-order valence-electron chi connectivity index (χ1n) is 7.89. The predicted octanol–water partition coefficient (Wildman–Crippen LogP) is 4.05. The molecule has 0 atom stereocenters. The van der Waals surface area contributed by atoms with E-state index in [4.69, 9.17) is 0 Å². The highest BCUT2D eigenvalue weighted by Gasteiger charge is 2.01. The van der Waals surface area contributed by atoms with Crippen molar-refractivity contribution in [3.05, 3.63) is 66.0 Å². The molecule has 3 aromatic rings. The molecule has 0 saturated carbocycles. The van der Waals surface area contributed by atoms with E-state index in [0.717, 1.165) is 41.7 Å². The Labute approximate surface area is 136 Å². The first-order chi connectivity index (χ1) is 11.4. The van der Waals surface area contributed by atoms with Crippen molar-refractivity contribution in [2.24, 2.45) is 0 Å². The lowest BCUT2D eigenvalue weighted by molar-refractivity contribution is 1.07. The number of nitrogens with one attached hydrogen (secondary N) is 1. The van der Waals surface area contributed by atoms with Gasteiger partial charge in [-0.3, -0.25) is 0 Å². The average Bonchev–Trinajstić information content (AvgIpc) is 2.62. The zero-order valence-corrected chi connectivity index (χ0v) is 13.2. The Morgan fingerprint density at radius 3 is 2.74 bits per heavy atom. The Balaban J connectivity index is 1.63. The van der Waals surface area contributed by atoms with Crippen LogP contribution in [-0.2, 0) is 6.42 Å². The number of hydrogen-bond acceptors (Lipinski definition) is 3. The smallest absolute Gasteiger partial charge is 0.137 e. The summed E-state index contributed by atoms with van der Waals surface area (Å²) in [6.07, 6.45) is 3.38. The Kier molecular flexibility index (Phi) is 4.85. The van der Waals surface area contributed by atoms with Gasteiger partial charge in [0.1, 0.15) is 12.1 Å². The second-order valence-corrected chi connectivity index (χ2v) is 5.23. The van der Waals surface area contributed by atoms with Gasteiger partial charge < -0.3 is 5.32 Å². The summed E-state index contributed by atoms with van der Waals surface area (Å²) < 4.78 is 0. The normalized spacial score (nSPS) is 10.1. The number of para-hydroxylation sites is 1. The Bertz CT molecular complexity index is 854. The SMILES string of the molecule is CCc1ccccc1C#CCCNc1ncnc2ccccc12. The van der Waals surface area contributed by atoms with Crippen molar-refractivity contribution in [3.8, 4) is 11.8 Å². The van der Waals surface area contributed by atoms with Gasteiger partial charge in [-0.05, 0) is 30.2 Å². The molecule has 1 heterocycles. The molecule has 3 rings (SSSR count). The predicted molar refractivity (Wildman–Crippen MR) is 95.3 cm³/mol. The quantitative estimate of drug-likeness (QED) is 0.583. The number of aromatic nitrogens is 2. The molecule has 0 bridgehead atoms. The highest BCUT2D eigenvalue weighted by atomic mass is 15.0. The number of aryl methyl sites for hydroxylation is 1. The first kappa shape index (κ1) is 15.1. The number of rotatable bonds is 4. The maximum atomic E-state index is 4.32. The number of fused-ring (bicyclic) bond motifs is 1. The molecule has 0 fully saturated rings. The van der Waals surface area contributed by atoms with Crippen molar-refractivity contribution < 1.29 is 0 Å². The lowest BCUT2D eigenvalue weighted by Gasteiger charge is -2.06. The van der Waals surface area contributed by atoms with Crippen molar-refractivity contribution in [3.63, 3.8) is 0 Å². The third-order valence-corrected chi connectivity index (χ3v) is 3.71. The molecule has 0 radical (unpaired) electrons. The topological polar surface area (TPSA) is 37.8 Å². The van der Waals surface area contributed by atoms with Crippen LogP contribution in [0, 0.1) is 11.8 Å². The molecular weight excluding hydrogens is 282 g/mol. The lowest BCUT2D eigenvalue weighted by Crippen LogP contribution is -2.03. The summed E-state index contributed by atoms with van der Waals surface area (Å²) in [6, 6.07) is 16.3. The van der Waals surface area contributed by atoms with Gasteiger partial charge in [0.05, 0.1) is 5.52 Å². The Morgan fingerprint density at radius 1 is 1.00 bits per heavy atom. The minimum absolute atomic E-state index is 0.766. The molecule has 3 nitrogen and oxygen atoms in total. The van der Waals surface area contributed by atoms with E-state index >= 15 is 0 Å². The average molecular weight is 301 g/mol. The standard InChI is InChI=1S/C20H19N3/c1-2-16-9-3-4-10-17(16)11-7-8-14-21-20-18-12-5-6-13-19(18)22-15-23-20/h3-6,9-10,12-13,15H,2,8,14H2,1H3,(H,21,22,23). The second-order valence-electron chi connectivity index (χ2n) is 5.23. The van der Waals surface area contributed by atoms with Gasteiger partial charge in [0.25, 0.3) is 0 Å². The van der Waals surface area contributed by atoms with E-state index in [-0.39, 0.29) is 0 Å². The van der Waals surface area contributed by atoms with Crippen molar-refractivity contribution >= 4 is 16.7 Å². The second kappa shape index (κ2) is 7.42. The van der Waals surface area contributed by atoms with Crippen LogP contribution in [0.2, 0.25) is 0 Å². The van der Waals surface area contributed by atoms with Crippen molar-refractivity contribution in [2.75, 3.05) is 11.9 Å². The maximum absolute atomic E-state index is 4.32. The van der Waals surface area contributed by atoms with Crippen LogP contribution in [0.15, 0.2) is 54.9 Å². The van der Waals surface area contributed by atoms with Gasteiger partial charge in [-0.25, -0.2) is 9.97 Å². The number of anilines is 1. The molecule has 3 heteroatoms. The largest absolute Gasteiger partial charge is 0.368 e. The van der Waals surface area contributed by atoms with Crippen LogP contribution in [0.3, 0.4) is 0 Å². The number of benzene rings is 2. The van der Waals surface area contributed by atoms with Gasteiger partial charge in [0, 0.05) is 23.9 Å². The molecule has 0 unspecified atom stereocenters. The fourth-order valence-corrected chi connectivity index (χ4v) is 2.50. The molecule has 0 amide bonds. The van der Waals surface area contributed by atoms with Gasteiger partial charge >= 0.3 is 0 Å². The summed E-state index contributed by atoms with van der Waals surface area (Å²) in [5.74, 6) is 7.37. The first-order valence-corrected chi connectivity index (χ1v) is 7.89. The molecule has 2 aromatic carbocycles. The molecule has 0 saturated heterocycles. The molecule has 1 N–H and O–H groups in total. The molecule has 0 aliphatic heterocycles. The minimum Gasteiger partial charge on any atom is -0.368 e. The maximum Gasteiger partial charge on any atom is 0.137 e. The van der Waals surface area contributed by atoms with E-state index in [2.05, 4.69) is 52.2 Å². The minimum atomic E-state index is 0.766. The van der Waals surface area contributed by atoms with Crippen LogP contribution in [0.1, 0.15) is 24.5 Å². The number of hydrogen-bond donors (Lipinski definition) is 1. The van der Waals surface area contributed by atoms with Gasteiger partial charge in [-0.1, -0.05) is 49.1 Å². The summed E-state index contributed by atoms with van der Waals surface area (Å²) >= 11 is 0. The van der Waals surface area contributed by atoms with Gasteiger partial charge in [-0.15, -0.1) is 0 Å². The van der Waals surface area contributed by atoms with Gasteiger partial charge in [-0.2, -0.15) is 0 Å². The van der Waals surface area contributed by atoms with Gasteiger partial charge in [0.15, 0.2) is 0 Å². The zero-order chi connectivity index (χ0) is 15.9. The molecular formula is C20H19N3. The zero-order valence-electron chi connectivity index (χ0n) is 13.2. The molecule has 0 aliphatic rings. The monoisotopic (exact) mass is 301 g/mol. The van der Waals surface area contributed by atoms with E-state index < -0.39 is 0 Å². The highest BCUT2D eigenvalue weighted by Crippen LogP contribution is 2.17. The van der Waals surface area contributed by atoms with Crippen molar-refractivity contribution in [1.82, 2.24) is 9.97 Å². The van der Waals surface area contributed by atoms with E-state index in [0.29, 0.717) is 0 Å². The summed E-state index contributed by atoms with van der Waals surface area (Å²) in [6.45, 7) is 2.92. The summed E-state index contributed by atoms with van der Waals surface area (Å²) in [5, 5.41) is 4.39. The van der Waals surface area contributed by atoms with Crippen LogP contribution in [0.25, 0.3) is 10.9 Å². The molecule has 0 aliphatic carbocycles. The summed E-state index contributed by atoms with van der Waals surface area (Å²) in [5.41, 5.74) is 3.38. The third kappa shape index (κ3) is 3.67. The molecule has 23 heavy (non-hydrogen) atoms. The molecule has 0 spiro atoms. The van der Waals surface area contributed by atoms with E-state index in [1.807, 2.05) is 30.3 Å². The van der Waals surface area contributed by atoms with E-state index in [9.17, 15) is 0 Å². The Hall–Kier alpha value is -2.86. The van der Waals surface area contributed by atoms with Gasteiger partial charge in [0.2, 0.25) is 0 Å². The van der Waals surface area contributed by atoms with Crippen LogP contribution in [-0.4, -0.2) is 16.5 Å². The summed E-state index contributed by atoms with van der Waals surface area (Å²) in [7, 11) is 0. The van der Waals surface area contributed by atoms with E-state index in [1.165, 1.54) is 5.56 Å². The van der Waals surface area contributed by atoms with E-state index in [1.54, 1.807) is 6.33 Å². The Morgan fingerprint density at radius 2 is 1.83 bits per heavy atom. The third-order valence-electron chi connectivity index (χ3n) is 3.71. The van der Waals surface area contributed by atoms with Crippen molar-refractivity contribution in [1.29, 1.82) is 0 Å². The van der Waals surface area contributed by atoms with Crippen molar-refractivity contribution in [2.45, 2.75) is 19.8 Å². The number of nitrogens with zero attached hydrogens (tertiary/aromatic N) is 2. The van der Waals surface area contributed by atoms with Crippen LogP contribution in [0.4, 0.5) is 5.82 Å². The van der Waals surface area contributed by atoms with Crippen LogP contribution < -0.4 is 5.32 Å². The molecule has 114 valence electrons. The lowest BCUT2D eigenvalue weighted by atomic mass is 10.1. The van der Waals surface area contributed by atoms with Crippen LogP contribution >= 0.6 is 0 Å². The molecule has 1 aromatic heterocycles. The fourth-order valence-electron chi connectivity index (χ4n) is 2.50. The van der Waals surface area contributed by atoms with Crippen LogP contribution in [0.5, 0.6) is 0 Å².